The van der Waals surface area contributed by atoms with Crippen molar-refractivity contribution in [1.82, 2.24) is 0 Å². The van der Waals surface area contributed by atoms with Gasteiger partial charge in [0.2, 0.25) is 5.43 Å². The summed E-state index contributed by atoms with van der Waals surface area (Å²) in [7, 11) is 0. The highest BCUT2D eigenvalue weighted by Gasteiger charge is 2.15. The summed E-state index contributed by atoms with van der Waals surface area (Å²) in [4.78, 5) is 38.1. The lowest BCUT2D eigenvalue weighted by molar-refractivity contribution is 0.489. The van der Waals surface area contributed by atoms with E-state index in [4.69, 9.17) is 5.41 Å². The van der Waals surface area contributed by atoms with E-state index in [1.54, 1.807) is 12.1 Å². The lowest BCUT2D eigenvalue weighted by atomic mass is 10.0. The van der Waals surface area contributed by atoms with Crippen LogP contribution in [0.4, 0.5) is 0 Å². The van der Waals surface area contributed by atoms with Gasteiger partial charge in [-0.15, -0.1) is 0 Å². The molecule has 0 heterocycles. The van der Waals surface area contributed by atoms with Crippen molar-refractivity contribution in [2.45, 2.75) is 13.8 Å². The lowest BCUT2D eigenvalue weighted by Gasteiger charge is -2.01. The van der Waals surface area contributed by atoms with Crippen molar-refractivity contribution in [2.75, 3.05) is 0 Å². The molecule has 6 nitrogen and oxygen atoms in total. The van der Waals surface area contributed by atoms with E-state index in [2.05, 4.69) is 0 Å². The summed E-state index contributed by atoms with van der Waals surface area (Å²) in [5.41, 5.74) is -2.15. The Morgan fingerprint density at radius 3 is 1.71 bits per heavy atom. The first-order chi connectivity index (χ1) is 11.3. The molecule has 2 aliphatic carbocycles. The molecular weight excluding hydrogens is 310 g/mol. The third kappa shape index (κ3) is 1.89. The van der Waals surface area contributed by atoms with E-state index in [0.717, 1.165) is 0 Å². The minimum absolute atomic E-state index is 0.0884. The van der Waals surface area contributed by atoms with Gasteiger partial charge in [0.25, 0.3) is 0 Å². The largest absolute Gasteiger partial charge is 0.512 e. The predicted octanol–water partition coefficient (Wildman–Crippen LogP) is -0.628. The number of rotatable bonds is 0. The van der Waals surface area contributed by atoms with Crippen molar-refractivity contribution in [3.63, 3.8) is 0 Å². The Balaban J connectivity index is 3.09. The predicted molar refractivity (Wildman–Crippen MR) is 89.0 cm³/mol. The van der Waals surface area contributed by atoms with Crippen LogP contribution in [0.3, 0.4) is 0 Å². The topological polar surface area (TPSA) is 116 Å². The lowest BCUT2D eigenvalue weighted by Crippen LogP contribution is -2.53. The van der Waals surface area contributed by atoms with Gasteiger partial charge in [0, 0.05) is 10.8 Å². The van der Waals surface area contributed by atoms with Gasteiger partial charge in [0.05, 0.1) is 32.0 Å². The molecule has 0 aliphatic heterocycles. The highest BCUT2D eigenvalue weighted by Crippen LogP contribution is 2.03. The van der Waals surface area contributed by atoms with Crippen molar-refractivity contribution in [3.05, 3.63) is 81.2 Å². The number of aliphatic hydroxyl groups is 2. The Morgan fingerprint density at radius 1 is 0.792 bits per heavy atom. The van der Waals surface area contributed by atoms with E-state index in [9.17, 15) is 24.6 Å². The summed E-state index contributed by atoms with van der Waals surface area (Å²) in [5.74, 6) is -0.818. The van der Waals surface area contributed by atoms with Crippen LogP contribution in [0.5, 0.6) is 0 Å². The minimum Gasteiger partial charge on any atom is -0.512 e. The van der Waals surface area contributed by atoms with Crippen LogP contribution >= 0.6 is 0 Å². The molecule has 24 heavy (non-hydrogen) atoms. The van der Waals surface area contributed by atoms with E-state index in [0.29, 0.717) is 0 Å². The second kappa shape index (κ2) is 5.13. The second-order valence-corrected chi connectivity index (χ2v) is 5.58. The monoisotopic (exact) mass is 323 g/mol. The van der Waals surface area contributed by atoms with Crippen LogP contribution in [0.25, 0.3) is 22.3 Å². The highest BCUT2D eigenvalue weighted by atomic mass is 16.3. The molecule has 0 unspecified atom stereocenters. The van der Waals surface area contributed by atoms with E-state index >= 15 is 0 Å². The van der Waals surface area contributed by atoms with Crippen LogP contribution in [0.1, 0.15) is 13.8 Å². The normalized spacial score (nSPS) is 14.1. The van der Waals surface area contributed by atoms with Crippen LogP contribution in [0.15, 0.2) is 38.6 Å². The van der Waals surface area contributed by atoms with Gasteiger partial charge in [-0.25, -0.2) is 0 Å². The van der Waals surface area contributed by atoms with Gasteiger partial charge in [-0.3, -0.25) is 19.8 Å². The first kappa shape index (κ1) is 15.6. The Morgan fingerprint density at radius 2 is 1.25 bits per heavy atom. The maximum atomic E-state index is 12.7. The van der Waals surface area contributed by atoms with Crippen molar-refractivity contribution in [1.29, 1.82) is 5.41 Å². The van der Waals surface area contributed by atoms with Crippen LogP contribution in [0.2, 0.25) is 0 Å². The molecule has 0 amide bonds. The van der Waals surface area contributed by atoms with Gasteiger partial charge >= 0.3 is 0 Å². The van der Waals surface area contributed by atoms with Crippen molar-refractivity contribution in [2.24, 2.45) is 0 Å². The first-order valence-electron chi connectivity index (χ1n) is 7.14. The molecule has 2 aliphatic rings. The van der Waals surface area contributed by atoms with Gasteiger partial charge in [-0.1, -0.05) is 24.3 Å². The van der Waals surface area contributed by atoms with Crippen LogP contribution in [-0.4, -0.2) is 10.2 Å². The van der Waals surface area contributed by atoms with E-state index in [1.165, 1.54) is 26.0 Å². The van der Waals surface area contributed by atoms with Gasteiger partial charge in [-0.05, 0) is 13.8 Å². The fourth-order valence-corrected chi connectivity index (χ4v) is 3.03. The molecule has 120 valence electrons. The first-order valence-corrected chi connectivity index (χ1v) is 7.14. The molecule has 0 atom stereocenters. The van der Waals surface area contributed by atoms with Crippen LogP contribution < -0.4 is 32.1 Å². The molecule has 6 heteroatoms. The summed E-state index contributed by atoms with van der Waals surface area (Å²) in [6.45, 7) is 2.47. The molecule has 0 saturated heterocycles. The second-order valence-electron chi connectivity index (χ2n) is 5.58. The molecule has 0 spiro atoms. The summed E-state index contributed by atoms with van der Waals surface area (Å²) < 4.78 is 0. The number of benzene rings is 1. The van der Waals surface area contributed by atoms with E-state index < -0.39 is 32.6 Å². The molecule has 0 aromatic heterocycles. The minimum atomic E-state index is -0.864. The zero-order chi connectivity index (χ0) is 17.8. The molecule has 3 N–H and O–H groups in total. The maximum absolute atomic E-state index is 12.7. The molecule has 0 radical (unpaired) electrons. The fraction of sp³-hybridized carbons (Fsp3) is 0.111. The third-order valence-electron chi connectivity index (χ3n) is 4.05. The van der Waals surface area contributed by atoms with Gasteiger partial charge in [0.15, 0.2) is 10.9 Å². The smallest absolute Gasteiger partial charge is 0.201 e. The Bertz CT molecular complexity index is 1290. The summed E-state index contributed by atoms with van der Waals surface area (Å²) >= 11 is 0. The number of hydrogen-bond acceptors (Lipinski definition) is 6. The fourth-order valence-electron chi connectivity index (χ4n) is 3.03. The summed E-state index contributed by atoms with van der Waals surface area (Å²) in [6, 6.07) is 6.05. The zero-order valence-electron chi connectivity index (χ0n) is 12.9. The molecule has 3 rings (SSSR count). The molecule has 1 aromatic rings. The summed E-state index contributed by atoms with van der Waals surface area (Å²) in [6.07, 6.45) is 0. The zero-order valence-corrected chi connectivity index (χ0v) is 12.9. The third-order valence-corrected chi connectivity index (χ3v) is 4.05. The van der Waals surface area contributed by atoms with Crippen molar-refractivity contribution >= 4 is 22.3 Å². The van der Waals surface area contributed by atoms with Crippen molar-refractivity contribution < 1.29 is 10.2 Å². The molecular formula is C18H13NO5. The van der Waals surface area contributed by atoms with Crippen molar-refractivity contribution in [3.8, 4) is 0 Å². The highest BCUT2D eigenvalue weighted by molar-refractivity contribution is 5.82. The van der Waals surface area contributed by atoms with Crippen LogP contribution in [0, 0.1) is 15.8 Å². The number of hydrogen-bond donors (Lipinski definition) is 3. The Hall–Kier alpha value is -3.28. The number of fused-ring (bicyclic) bond motifs is 1. The molecule has 0 saturated carbocycles. The average Bonchev–Trinajstić information content (AvgIpc) is 2.53. The molecule has 0 fully saturated rings. The SMILES string of the molecule is CC(O)=c1c(=N)c2c(=O)c3ccccc3c(=O)c=2c(=O)c1=C(C)O. The quantitative estimate of drug-likeness (QED) is 0.509. The Labute approximate surface area is 133 Å². The number of aliphatic hydroxyl groups excluding tert-OH is 2. The maximum Gasteiger partial charge on any atom is 0.201 e. The Kier molecular flexibility index (Phi) is 3.33. The molecule has 0 bridgehead atoms. The number of nitrogens with one attached hydrogen (secondary N) is 1. The average molecular weight is 323 g/mol. The van der Waals surface area contributed by atoms with Crippen LogP contribution in [-0.2, 0) is 0 Å². The van der Waals surface area contributed by atoms with E-state index in [-0.39, 0.29) is 32.2 Å². The van der Waals surface area contributed by atoms with Gasteiger partial charge in [-0.2, -0.15) is 0 Å². The van der Waals surface area contributed by atoms with Gasteiger partial charge in [0.1, 0.15) is 5.76 Å². The summed E-state index contributed by atoms with van der Waals surface area (Å²) in [5, 5.41) is 26.3. The molecule has 1 aromatic carbocycles. The van der Waals surface area contributed by atoms with E-state index in [1.807, 2.05) is 0 Å². The standard InChI is InChI=1S/C18H13NO5/c1-7(20)11-12(8(2)21)18(24)14-13(15(11)19)16(22)9-5-3-4-6-10(9)17(14)23/h3-6,19-21H,1-2H3. The van der Waals surface area contributed by atoms with Gasteiger partial charge < -0.3 is 10.2 Å².